The molecule has 0 aromatic rings. The van der Waals surface area contributed by atoms with Crippen molar-refractivity contribution >= 4 is 0 Å². The minimum absolute atomic E-state index is 0.695. The predicted molar refractivity (Wildman–Crippen MR) is 92.6 cm³/mol. The number of hydrogen-bond donors (Lipinski definition) is 1. The number of nitrogens with one attached hydrogen (secondary N) is 1. The largest absolute Gasteiger partial charge is 0.311 e. The lowest BCUT2D eigenvalue weighted by Crippen LogP contribution is -2.63. The van der Waals surface area contributed by atoms with Gasteiger partial charge in [-0.1, -0.05) is 60.3 Å². The van der Waals surface area contributed by atoms with E-state index >= 15 is 0 Å². The Balaban J connectivity index is 2.12. The topological polar surface area (TPSA) is 15.3 Å². The van der Waals surface area contributed by atoms with E-state index in [0.717, 1.165) is 29.8 Å². The summed E-state index contributed by atoms with van der Waals surface area (Å²) >= 11 is 0. The molecule has 0 aromatic heterocycles. The first-order chi connectivity index (χ1) is 10.0. The van der Waals surface area contributed by atoms with E-state index in [1.807, 2.05) is 0 Å². The van der Waals surface area contributed by atoms with Crippen molar-refractivity contribution in [3.05, 3.63) is 0 Å². The molecule has 0 amide bonds. The molecule has 1 N–H and O–H groups in total. The normalized spacial score (nSPS) is 37.4. The summed E-state index contributed by atoms with van der Waals surface area (Å²) < 4.78 is 0. The van der Waals surface area contributed by atoms with Gasteiger partial charge in [0.05, 0.1) is 0 Å². The SMILES string of the molecule is CCC(C)C1CN(C2CCCCCC2C)C(C(C)C)CN1. The molecule has 1 saturated carbocycles. The molecule has 1 aliphatic heterocycles. The van der Waals surface area contributed by atoms with Crippen LogP contribution in [0.2, 0.25) is 0 Å². The molecule has 1 aliphatic carbocycles. The Morgan fingerprint density at radius 2 is 1.81 bits per heavy atom. The Bertz CT molecular complexity index is 302. The fraction of sp³-hybridized carbons (Fsp3) is 1.00. The van der Waals surface area contributed by atoms with Crippen LogP contribution in [0.3, 0.4) is 0 Å². The third-order valence-corrected chi connectivity index (χ3v) is 6.27. The molecule has 5 unspecified atom stereocenters. The van der Waals surface area contributed by atoms with E-state index in [1.165, 1.54) is 51.6 Å². The molecule has 2 aliphatic rings. The number of nitrogens with zero attached hydrogens (tertiary/aromatic N) is 1. The maximum absolute atomic E-state index is 3.86. The highest BCUT2D eigenvalue weighted by molar-refractivity contribution is 4.94. The van der Waals surface area contributed by atoms with Crippen molar-refractivity contribution in [2.75, 3.05) is 13.1 Å². The fourth-order valence-electron chi connectivity index (χ4n) is 4.45. The molecule has 2 heteroatoms. The van der Waals surface area contributed by atoms with Crippen LogP contribution in [0.1, 0.15) is 73.1 Å². The van der Waals surface area contributed by atoms with Gasteiger partial charge >= 0.3 is 0 Å². The van der Waals surface area contributed by atoms with Gasteiger partial charge in [0.15, 0.2) is 0 Å². The maximum atomic E-state index is 3.86. The molecule has 2 rings (SSSR count). The van der Waals surface area contributed by atoms with Gasteiger partial charge in [0.1, 0.15) is 0 Å². The summed E-state index contributed by atoms with van der Waals surface area (Å²) in [6.07, 6.45) is 8.50. The highest BCUT2D eigenvalue weighted by Gasteiger charge is 2.37. The highest BCUT2D eigenvalue weighted by Crippen LogP contribution is 2.32. The molecule has 2 nitrogen and oxygen atoms in total. The summed E-state index contributed by atoms with van der Waals surface area (Å²) in [6.45, 7) is 14.5. The van der Waals surface area contributed by atoms with Gasteiger partial charge in [-0.3, -0.25) is 4.90 Å². The van der Waals surface area contributed by atoms with Crippen LogP contribution in [-0.2, 0) is 0 Å². The van der Waals surface area contributed by atoms with Crippen LogP contribution in [0, 0.1) is 17.8 Å². The first kappa shape index (κ1) is 17.3. The van der Waals surface area contributed by atoms with Gasteiger partial charge < -0.3 is 5.32 Å². The van der Waals surface area contributed by atoms with Crippen LogP contribution in [0.4, 0.5) is 0 Å². The Morgan fingerprint density at radius 3 is 2.48 bits per heavy atom. The van der Waals surface area contributed by atoms with Gasteiger partial charge in [0.25, 0.3) is 0 Å². The Hall–Kier alpha value is -0.0800. The molecule has 0 spiro atoms. The van der Waals surface area contributed by atoms with Gasteiger partial charge in [0, 0.05) is 31.2 Å². The Kier molecular flexibility index (Phi) is 6.55. The zero-order chi connectivity index (χ0) is 15.4. The monoisotopic (exact) mass is 294 g/mol. The lowest BCUT2D eigenvalue weighted by atomic mass is 9.87. The van der Waals surface area contributed by atoms with E-state index in [-0.39, 0.29) is 0 Å². The van der Waals surface area contributed by atoms with Crippen molar-refractivity contribution < 1.29 is 0 Å². The van der Waals surface area contributed by atoms with Crippen molar-refractivity contribution in [2.24, 2.45) is 17.8 Å². The molecule has 1 saturated heterocycles. The minimum atomic E-state index is 0.695. The standard InChI is InChI=1S/C19H38N2/c1-6-15(4)17-13-21(19(12-20-17)14(2)3)18-11-9-7-8-10-16(18)5/h14-20H,6-13H2,1-5H3. The molecule has 0 aromatic carbocycles. The third kappa shape index (κ3) is 4.22. The van der Waals surface area contributed by atoms with Gasteiger partial charge in [-0.25, -0.2) is 0 Å². The fourth-order valence-corrected chi connectivity index (χ4v) is 4.45. The summed E-state index contributed by atoms with van der Waals surface area (Å²) in [5, 5.41) is 3.86. The van der Waals surface area contributed by atoms with Gasteiger partial charge in [-0.2, -0.15) is 0 Å². The molecule has 1 heterocycles. The lowest BCUT2D eigenvalue weighted by molar-refractivity contribution is 0.0195. The summed E-state index contributed by atoms with van der Waals surface area (Å²) in [4.78, 5) is 2.92. The van der Waals surface area contributed by atoms with Gasteiger partial charge in [-0.15, -0.1) is 0 Å². The van der Waals surface area contributed by atoms with Gasteiger partial charge in [0.2, 0.25) is 0 Å². The molecule has 0 bridgehead atoms. The average molecular weight is 295 g/mol. The van der Waals surface area contributed by atoms with E-state index in [9.17, 15) is 0 Å². The second kappa shape index (κ2) is 7.97. The van der Waals surface area contributed by atoms with Gasteiger partial charge in [-0.05, 0) is 30.6 Å². The summed E-state index contributed by atoms with van der Waals surface area (Å²) in [6, 6.07) is 2.25. The molecule has 21 heavy (non-hydrogen) atoms. The van der Waals surface area contributed by atoms with Crippen LogP contribution in [0.5, 0.6) is 0 Å². The van der Waals surface area contributed by atoms with E-state index in [2.05, 4.69) is 44.8 Å². The summed E-state index contributed by atoms with van der Waals surface area (Å²) in [7, 11) is 0. The summed E-state index contributed by atoms with van der Waals surface area (Å²) in [5.74, 6) is 2.43. The molecular weight excluding hydrogens is 256 g/mol. The molecule has 124 valence electrons. The van der Waals surface area contributed by atoms with Crippen molar-refractivity contribution in [1.82, 2.24) is 10.2 Å². The average Bonchev–Trinajstić information content (AvgIpc) is 2.70. The lowest BCUT2D eigenvalue weighted by Gasteiger charge is -2.49. The molecule has 0 radical (unpaired) electrons. The maximum Gasteiger partial charge on any atom is 0.0247 e. The van der Waals surface area contributed by atoms with Crippen LogP contribution in [-0.4, -0.2) is 36.1 Å². The second-order valence-corrected chi connectivity index (χ2v) is 8.09. The highest BCUT2D eigenvalue weighted by atomic mass is 15.3. The molecule has 5 atom stereocenters. The van der Waals surface area contributed by atoms with Crippen molar-refractivity contribution in [3.63, 3.8) is 0 Å². The number of hydrogen-bond acceptors (Lipinski definition) is 2. The molecule has 2 fully saturated rings. The predicted octanol–water partition coefficient (Wildman–Crippen LogP) is 4.30. The first-order valence-electron chi connectivity index (χ1n) is 9.53. The Morgan fingerprint density at radius 1 is 1.10 bits per heavy atom. The van der Waals surface area contributed by atoms with E-state index in [4.69, 9.17) is 0 Å². The van der Waals surface area contributed by atoms with Crippen molar-refractivity contribution in [3.8, 4) is 0 Å². The first-order valence-corrected chi connectivity index (χ1v) is 9.53. The summed E-state index contributed by atoms with van der Waals surface area (Å²) in [5.41, 5.74) is 0. The zero-order valence-electron chi connectivity index (χ0n) is 15.1. The quantitative estimate of drug-likeness (QED) is 0.778. The van der Waals surface area contributed by atoms with E-state index in [0.29, 0.717) is 6.04 Å². The number of rotatable bonds is 4. The van der Waals surface area contributed by atoms with Crippen LogP contribution >= 0.6 is 0 Å². The third-order valence-electron chi connectivity index (χ3n) is 6.27. The zero-order valence-corrected chi connectivity index (χ0v) is 15.1. The van der Waals surface area contributed by atoms with Crippen LogP contribution in [0.15, 0.2) is 0 Å². The van der Waals surface area contributed by atoms with Crippen LogP contribution < -0.4 is 5.32 Å². The second-order valence-electron chi connectivity index (χ2n) is 8.09. The smallest absolute Gasteiger partial charge is 0.0247 e. The van der Waals surface area contributed by atoms with Crippen molar-refractivity contribution in [2.45, 2.75) is 91.3 Å². The minimum Gasteiger partial charge on any atom is -0.311 e. The number of piperazine rings is 1. The van der Waals surface area contributed by atoms with E-state index < -0.39 is 0 Å². The molecular formula is C19H38N2. The Labute approximate surface area is 133 Å². The van der Waals surface area contributed by atoms with Crippen molar-refractivity contribution in [1.29, 1.82) is 0 Å². The van der Waals surface area contributed by atoms with Crippen LogP contribution in [0.25, 0.3) is 0 Å². The van der Waals surface area contributed by atoms with E-state index in [1.54, 1.807) is 0 Å².